The van der Waals surface area contributed by atoms with Crippen LogP contribution in [0.4, 0.5) is 0 Å². The molecule has 0 spiro atoms. The molecule has 0 radical (unpaired) electrons. The first-order valence-corrected chi connectivity index (χ1v) is 10.9. The molecule has 5 nitrogen and oxygen atoms in total. The minimum absolute atomic E-state index is 0.0906. The van der Waals surface area contributed by atoms with Gasteiger partial charge in [-0.1, -0.05) is 60.1 Å². The third kappa shape index (κ3) is 5.82. The summed E-state index contributed by atoms with van der Waals surface area (Å²) in [5.41, 5.74) is 5.09. The number of hydrogen-bond donors (Lipinski definition) is 2. The van der Waals surface area contributed by atoms with Gasteiger partial charge in [0.2, 0.25) is 0 Å². The van der Waals surface area contributed by atoms with E-state index in [4.69, 9.17) is 21.2 Å². The molecule has 0 saturated carbocycles. The highest BCUT2D eigenvalue weighted by Gasteiger charge is 2.29. The summed E-state index contributed by atoms with van der Waals surface area (Å²) in [5.74, 6) is 0. The predicted molar refractivity (Wildman–Crippen MR) is 119 cm³/mol. The van der Waals surface area contributed by atoms with Gasteiger partial charge in [-0.3, -0.25) is 0 Å². The second-order valence-electron chi connectivity index (χ2n) is 7.59. The number of ether oxygens (including phenoxy) is 1. The molecule has 0 aromatic heterocycles. The number of halogens is 1. The highest BCUT2D eigenvalue weighted by Crippen LogP contribution is 2.33. The fourth-order valence-corrected chi connectivity index (χ4v) is 3.94. The number of benzene rings is 2. The van der Waals surface area contributed by atoms with Crippen LogP contribution in [0.1, 0.15) is 61.5 Å². The van der Waals surface area contributed by atoms with Crippen LogP contribution in [0.5, 0.6) is 0 Å². The fraction of sp³-hybridized carbons (Fsp3) is 0.458. The Hall–Kier alpha value is -1.92. The van der Waals surface area contributed by atoms with Crippen molar-refractivity contribution in [2.75, 3.05) is 13.2 Å². The molecule has 1 heterocycles. The Balaban J connectivity index is 1.76. The first-order valence-electron chi connectivity index (χ1n) is 10.5. The summed E-state index contributed by atoms with van der Waals surface area (Å²) in [7, 11) is 0. The number of aliphatic hydroxyl groups excluding tert-OH is 2. The lowest BCUT2D eigenvalue weighted by Gasteiger charge is -2.32. The average molecular weight is 432 g/mol. The molecule has 1 aliphatic heterocycles. The number of nitrogens with zero attached hydrogens (tertiary/aromatic N) is 1. The van der Waals surface area contributed by atoms with E-state index < -0.39 is 6.10 Å². The quantitative estimate of drug-likeness (QED) is 0.471. The Morgan fingerprint density at radius 1 is 1.17 bits per heavy atom. The minimum Gasteiger partial charge on any atom is -0.396 e. The van der Waals surface area contributed by atoms with E-state index in [-0.39, 0.29) is 18.8 Å². The zero-order chi connectivity index (χ0) is 21.5. The van der Waals surface area contributed by atoms with Crippen LogP contribution in [0.2, 0.25) is 5.02 Å². The molecular formula is C24H30ClNO4. The second kappa shape index (κ2) is 10.9. The zero-order valence-corrected chi connectivity index (χ0v) is 18.3. The maximum atomic E-state index is 10.1. The van der Waals surface area contributed by atoms with Gasteiger partial charge in [0, 0.05) is 17.9 Å². The Bertz CT molecular complexity index is 853. The first kappa shape index (κ1) is 22.8. The summed E-state index contributed by atoms with van der Waals surface area (Å²) in [5, 5.41) is 24.4. The largest absolute Gasteiger partial charge is 0.396 e. The molecule has 3 unspecified atom stereocenters. The summed E-state index contributed by atoms with van der Waals surface area (Å²) in [6, 6.07) is 14.1. The molecule has 30 heavy (non-hydrogen) atoms. The zero-order valence-electron chi connectivity index (χ0n) is 17.6. The second-order valence-corrected chi connectivity index (χ2v) is 8.00. The first-order chi connectivity index (χ1) is 14.5. The molecule has 2 aromatic rings. The van der Waals surface area contributed by atoms with Crippen molar-refractivity contribution < 1.29 is 19.8 Å². The summed E-state index contributed by atoms with van der Waals surface area (Å²) >= 11 is 6.47. The van der Waals surface area contributed by atoms with Gasteiger partial charge in [-0.15, -0.1) is 0 Å². The Morgan fingerprint density at radius 2 is 1.93 bits per heavy atom. The van der Waals surface area contributed by atoms with Gasteiger partial charge in [-0.25, -0.2) is 0 Å². The molecular weight excluding hydrogens is 402 g/mol. The highest BCUT2D eigenvalue weighted by atomic mass is 35.5. The molecule has 3 atom stereocenters. The molecule has 2 aromatic carbocycles. The summed E-state index contributed by atoms with van der Waals surface area (Å²) < 4.78 is 5.95. The van der Waals surface area contributed by atoms with E-state index >= 15 is 0 Å². The standard InChI is InChI=1S/C24H30ClNO4/c1-3-23(26-29-4-2)17-7-5-16(6-8-17)11-19-12-18(9-10-22(19)25)24-14-20(28)13-21(15-27)30-24/h5-10,12,20-21,24,27-28H,3-4,11,13-15H2,1-2H3/b26-23+. The van der Waals surface area contributed by atoms with Crippen LogP contribution in [-0.4, -0.2) is 41.3 Å². The molecule has 1 aliphatic rings. The normalized spacial score (nSPS) is 22.2. The average Bonchev–Trinajstić information content (AvgIpc) is 2.76. The van der Waals surface area contributed by atoms with Crippen LogP contribution in [0, 0.1) is 0 Å². The third-order valence-corrected chi connectivity index (χ3v) is 5.71. The van der Waals surface area contributed by atoms with Crippen molar-refractivity contribution in [3.05, 3.63) is 69.7 Å². The molecule has 0 bridgehead atoms. The Kier molecular flexibility index (Phi) is 8.28. The van der Waals surface area contributed by atoms with E-state index in [1.165, 1.54) is 0 Å². The van der Waals surface area contributed by atoms with Crippen molar-refractivity contribution in [2.45, 2.75) is 57.8 Å². The van der Waals surface area contributed by atoms with Crippen LogP contribution < -0.4 is 0 Å². The number of oxime groups is 1. The Morgan fingerprint density at radius 3 is 2.60 bits per heavy atom. The summed E-state index contributed by atoms with van der Waals surface area (Å²) in [6.45, 7) is 4.44. The van der Waals surface area contributed by atoms with Gasteiger partial charge in [0.1, 0.15) is 6.61 Å². The van der Waals surface area contributed by atoms with E-state index in [0.29, 0.717) is 30.9 Å². The number of hydrogen-bond acceptors (Lipinski definition) is 5. The number of rotatable bonds is 8. The molecule has 0 aliphatic carbocycles. The van der Waals surface area contributed by atoms with Crippen LogP contribution in [0.3, 0.4) is 0 Å². The maximum absolute atomic E-state index is 10.1. The van der Waals surface area contributed by atoms with Crippen molar-refractivity contribution in [3.63, 3.8) is 0 Å². The topological polar surface area (TPSA) is 71.3 Å². The van der Waals surface area contributed by atoms with Crippen molar-refractivity contribution in [2.24, 2.45) is 5.16 Å². The monoisotopic (exact) mass is 431 g/mol. The summed E-state index contributed by atoms with van der Waals surface area (Å²) in [6.07, 6.45) is 1.42. The van der Waals surface area contributed by atoms with Gasteiger partial charge in [-0.05, 0) is 48.1 Å². The molecule has 162 valence electrons. The van der Waals surface area contributed by atoms with E-state index in [2.05, 4.69) is 36.3 Å². The van der Waals surface area contributed by atoms with E-state index in [1.54, 1.807) is 0 Å². The van der Waals surface area contributed by atoms with Gasteiger partial charge in [0.25, 0.3) is 0 Å². The maximum Gasteiger partial charge on any atom is 0.114 e. The molecule has 3 rings (SSSR count). The van der Waals surface area contributed by atoms with Crippen LogP contribution in [0.15, 0.2) is 47.6 Å². The van der Waals surface area contributed by atoms with Gasteiger partial charge in [-0.2, -0.15) is 0 Å². The Labute approximate surface area is 183 Å². The highest BCUT2D eigenvalue weighted by molar-refractivity contribution is 6.31. The van der Waals surface area contributed by atoms with Gasteiger partial charge in [0.15, 0.2) is 0 Å². The van der Waals surface area contributed by atoms with Crippen LogP contribution in [0.25, 0.3) is 0 Å². The van der Waals surface area contributed by atoms with E-state index in [0.717, 1.165) is 34.4 Å². The van der Waals surface area contributed by atoms with Crippen molar-refractivity contribution in [1.82, 2.24) is 0 Å². The predicted octanol–water partition coefficient (Wildman–Crippen LogP) is 4.65. The number of aliphatic hydroxyl groups is 2. The van der Waals surface area contributed by atoms with Crippen LogP contribution in [-0.2, 0) is 16.0 Å². The van der Waals surface area contributed by atoms with Gasteiger partial charge < -0.3 is 19.8 Å². The van der Waals surface area contributed by atoms with E-state index in [9.17, 15) is 10.2 Å². The molecule has 1 fully saturated rings. The molecule has 1 saturated heterocycles. The smallest absolute Gasteiger partial charge is 0.114 e. The molecule has 6 heteroatoms. The van der Waals surface area contributed by atoms with Crippen LogP contribution >= 0.6 is 11.6 Å². The molecule has 0 amide bonds. The fourth-order valence-electron chi connectivity index (χ4n) is 3.75. The van der Waals surface area contributed by atoms with Crippen molar-refractivity contribution in [1.29, 1.82) is 0 Å². The molecule has 2 N–H and O–H groups in total. The lowest BCUT2D eigenvalue weighted by molar-refractivity contribution is -0.113. The SMILES string of the molecule is CCO/N=C(\CC)c1ccc(Cc2cc(C3CC(O)CC(CO)O3)ccc2Cl)cc1. The minimum atomic E-state index is -0.473. The van der Waals surface area contributed by atoms with Gasteiger partial charge in [0.05, 0.1) is 30.6 Å². The van der Waals surface area contributed by atoms with Crippen molar-refractivity contribution >= 4 is 17.3 Å². The lowest BCUT2D eigenvalue weighted by Crippen LogP contribution is -2.33. The van der Waals surface area contributed by atoms with Gasteiger partial charge >= 0.3 is 0 Å². The van der Waals surface area contributed by atoms with E-state index in [1.807, 2.05) is 25.1 Å². The van der Waals surface area contributed by atoms with Crippen molar-refractivity contribution in [3.8, 4) is 0 Å². The lowest BCUT2D eigenvalue weighted by atomic mass is 9.94. The summed E-state index contributed by atoms with van der Waals surface area (Å²) in [4.78, 5) is 5.20. The third-order valence-electron chi connectivity index (χ3n) is 5.34.